The van der Waals surface area contributed by atoms with Gasteiger partial charge in [-0.15, -0.1) is 24.8 Å². The van der Waals surface area contributed by atoms with Crippen molar-refractivity contribution in [3.63, 3.8) is 0 Å². The van der Waals surface area contributed by atoms with E-state index >= 15 is 0 Å². The molecule has 2 saturated heterocycles. The average molecular weight is 394 g/mol. The van der Waals surface area contributed by atoms with Crippen molar-refractivity contribution in [3.05, 3.63) is 35.4 Å². The fourth-order valence-electron chi connectivity index (χ4n) is 3.08. The normalized spacial score (nSPS) is 23.4. The molecular weight excluding hydrogens is 368 g/mol. The summed E-state index contributed by atoms with van der Waals surface area (Å²) in [6, 6.07) is 7.73. The van der Waals surface area contributed by atoms with Crippen LogP contribution in [0.4, 0.5) is 4.39 Å². The second kappa shape index (κ2) is 10.9. The molecule has 2 fully saturated rings. The molecule has 2 aliphatic rings. The van der Waals surface area contributed by atoms with Crippen molar-refractivity contribution in [1.82, 2.24) is 15.5 Å². The summed E-state index contributed by atoms with van der Waals surface area (Å²) in [5.74, 6) is -0.119. The van der Waals surface area contributed by atoms with E-state index in [0.29, 0.717) is 6.54 Å². The van der Waals surface area contributed by atoms with Gasteiger partial charge in [-0.2, -0.15) is 0 Å². The first-order valence-electron chi connectivity index (χ1n) is 8.24. The third-order valence-corrected chi connectivity index (χ3v) is 4.46. The van der Waals surface area contributed by atoms with Crippen LogP contribution >= 0.6 is 24.8 Å². The Morgan fingerprint density at radius 3 is 2.56 bits per heavy atom. The summed E-state index contributed by atoms with van der Waals surface area (Å²) in [5, 5.41) is 5.84. The van der Waals surface area contributed by atoms with Gasteiger partial charge in [-0.25, -0.2) is 4.39 Å². The van der Waals surface area contributed by atoms with Crippen molar-refractivity contribution < 1.29 is 13.9 Å². The van der Waals surface area contributed by atoms with Crippen LogP contribution in [0.5, 0.6) is 0 Å². The average Bonchev–Trinajstić information content (AvgIpc) is 3.01. The monoisotopic (exact) mass is 393 g/mol. The summed E-state index contributed by atoms with van der Waals surface area (Å²) < 4.78 is 18.5. The second-order valence-electron chi connectivity index (χ2n) is 6.17. The van der Waals surface area contributed by atoms with Crippen molar-refractivity contribution in [2.24, 2.45) is 0 Å². The molecular formula is C17H26Cl2FN3O2. The zero-order chi connectivity index (χ0) is 16.1. The molecule has 0 saturated carbocycles. The number of hydrogen-bond donors (Lipinski definition) is 2. The van der Waals surface area contributed by atoms with Crippen LogP contribution in [-0.4, -0.2) is 55.9 Å². The third kappa shape index (κ3) is 6.38. The van der Waals surface area contributed by atoms with Crippen LogP contribution in [0, 0.1) is 0 Å². The molecule has 5 nitrogen and oxygen atoms in total. The first kappa shape index (κ1) is 22.1. The Morgan fingerprint density at radius 2 is 1.92 bits per heavy atom. The Labute approximate surface area is 160 Å². The molecule has 142 valence electrons. The second-order valence-corrected chi connectivity index (χ2v) is 6.17. The predicted molar refractivity (Wildman–Crippen MR) is 100 cm³/mol. The Morgan fingerprint density at radius 1 is 1.24 bits per heavy atom. The van der Waals surface area contributed by atoms with Crippen LogP contribution in [0.25, 0.3) is 0 Å². The molecule has 3 rings (SSSR count). The van der Waals surface area contributed by atoms with Gasteiger partial charge in [-0.05, 0) is 11.1 Å². The van der Waals surface area contributed by atoms with E-state index in [1.807, 2.05) is 18.2 Å². The van der Waals surface area contributed by atoms with Gasteiger partial charge in [-0.3, -0.25) is 9.69 Å². The van der Waals surface area contributed by atoms with Gasteiger partial charge < -0.3 is 15.4 Å². The number of alkyl halides is 1. The maximum Gasteiger partial charge on any atom is 0.237 e. The molecule has 0 spiro atoms. The Balaban J connectivity index is 0.00000156. The van der Waals surface area contributed by atoms with Crippen molar-refractivity contribution >= 4 is 30.7 Å². The highest BCUT2D eigenvalue weighted by Gasteiger charge is 2.28. The Kier molecular flexibility index (Phi) is 9.67. The summed E-state index contributed by atoms with van der Waals surface area (Å²) in [4.78, 5) is 14.5. The predicted octanol–water partition coefficient (Wildman–Crippen LogP) is 1.68. The largest absolute Gasteiger partial charge is 0.379 e. The first-order valence-corrected chi connectivity index (χ1v) is 8.24. The standard InChI is InChI=1S/C17H24FN3O2.2ClH/c18-15-9-16(19-11-15)17(22)20-10-13-3-1-2-4-14(13)12-21-5-7-23-8-6-21;;/h1-4,15-16,19H,5-12H2,(H,20,22);2*1H/t15-,16+;;/m0../s1. The summed E-state index contributed by atoms with van der Waals surface area (Å²) >= 11 is 0. The number of carbonyl (C=O) groups is 1. The number of rotatable bonds is 5. The Hall–Kier alpha value is -0.920. The van der Waals surface area contributed by atoms with Crippen LogP contribution in [0.2, 0.25) is 0 Å². The molecule has 0 unspecified atom stereocenters. The van der Waals surface area contributed by atoms with E-state index in [2.05, 4.69) is 21.6 Å². The number of benzene rings is 1. The van der Waals surface area contributed by atoms with E-state index in [0.717, 1.165) is 38.4 Å². The SMILES string of the molecule is Cl.Cl.O=C(NCc1ccccc1CN1CCOCC1)[C@H]1C[C@H](F)CN1. The lowest BCUT2D eigenvalue weighted by atomic mass is 10.1. The van der Waals surface area contributed by atoms with Crippen LogP contribution in [-0.2, 0) is 22.6 Å². The van der Waals surface area contributed by atoms with Crippen molar-refractivity contribution in [1.29, 1.82) is 0 Å². The number of nitrogens with zero attached hydrogens (tertiary/aromatic N) is 1. The molecule has 0 aliphatic carbocycles. The summed E-state index contributed by atoms with van der Waals surface area (Å²) in [7, 11) is 0. The number of nitrogens with one attached hydrogen (secondary N) is 2. The number of amides is 1. The molecule has 2 aliphatic heterocycles. The van der Waals surface area contributed by atoms with E-state index in [1.165, 1.54) is 5.56 Å². The highest BCUT2D eigenvalue weighted by atomic mass is 35.5. The lowest BCUT2D eigenvalue weighted by molar-refractivity contribution is -0.123. The summed E-state index contributed by atoms with van der Waals surface area (Å²) in [6.07, 6.45) is -0.652. The topological polar surface area (TPSA) is 53.6 Å². The van der Waals surface area contributed by atoms with Crippen LogP contribution in [0.1, 0.15) is 17.5 Å². The maximum absolute atomic E-state index is 13.2. The summed E-state index contributed by atoms with van der Waals surface area (Å²) in [5.41, 5.74) is 2.33. The highest BCUT2D eigenvalue weighted by molar-refractivity contribution is 5.85. The lowest BCUT2D eigenvalue weighted by Gasteiger charge is -2.27. The Bertz CT molecular complexity index is 544. The zero-order valence-corrected chi connectivity index (χ0v) is 15.7. The van der Waals surface area contributed by atoms with Gasteiger partial charge in [0.2, 0.25) is 5.91 Å². The molecule has 0 radical (unpaired) electrons. The molecule has 25 heavy (non-hydrogen) atoms. The molecule has 1 aromatic rings. The minimum Gasteiger partial charge on any atom is -0.379 e. The minimum absolute atomic E-state index is 0. The molecule has 1 amide bonds. The van der Waals surface area contributed by atoms with Gasteiger partial charge in [0.05, 0.1) is 19.3 Å². The number of ether oxygens (including phenoxy) is 1. The van der Waals surface area contributed by atoms with Crippen molar-refractivity contribution in [2.45, 2.75) is 31.7 Å². The lowest BCUT2D eigenvalue weighted by Crippen LogP contribution is -2.40. The zero-order valence-electron chi connectivity index (χ0n) is 14.1. The van der Waals surface area contributed by atoms with Crippen LogP contribution in [0.3, 0.4) is 0 Å². The molecule has 2 atom stereocenters. The summed E-state index contributed by atoms with van der Waals surface area (Å²) in [6.45, 7) is 5.03. The smallest absolute Gasteiger partial charge is 0.237 e. The van der Waals surface area contributed by atoms with Crippen molar-refractivity contribution in [3.8, 4) is 0 Å². The maximum atomic E-state index is 13.2. The van der Waals surface area contributed by atoms with Gasteiger partial charge in [0.1, 0.15) is 6.17 Å². The van der Waals surface area contributed by atoms with Gasteiger partial charge in [0.15, 0.2) is 0 Å². The van der Waals surface area contributed by atoms with Crippen LogP contribution < -0.4 is 10.6 Å². The van der Waals surface area contributed by atoms with E-state index in [9.17, 15) is 9.18 Å². The molecule has 2 N–H and O–H groups in total. The van der Waals surface area contributed by atoms with E-state index in [-0.39, 0.29) is 43.7 Å². The fraction of sp³-hybridized carbons (Fsp3) is 0.588. The fourth-order valence-corrected chi connectivity index (χ4v) is 3.08. The molecule has 0 aromatic heterocycles. The van der Waals surface area contributed by atoms with Crippen LogP contribution in [0.15, 0.2) is 24.3 Å². The molecule has 2 heterocycles. The van der Waals surface area contributed by atoms with Gasteiger partial charge in [0.25, 0.3) is 0 Å². The third-order valence-electron chi connectivity index (χ3n) is 4.46. The van der Waals surface area contributed by atoms with Gasteiger partial charge in [0, 0.05) is 39.1 Å². The van der Waals surface area contributed by atoms with E-state index < -0.39 is 12.2 Å². The van der Waals surface area contributed by atoms with E-state index in [4.69, 9.17) is 4.74 Å². The first-order chi connectivity index (χ1) is 11.2. The minimum atomic E-state index is -0.917. The van der Waals surface area contributed by atoms with Gasteiger partial charge in [-0.1, -0.05) is 24.3 Å². The number of halogens is 3. The number of carbonyl (C=O) groups excluding carboxylic acids is 1. The van der Waals surface area contributed by atoms with Gasteiger partial charge >= 0.3 is 0 Å². The quantitative estimate of drug-likeness (QED) is 0.798. The number of morpholine rings is 1. The highest BCUT2D eigenvalue weighted by Crippen LogP contribution is 2.14. The molecule has 1 aromatic carbocycles. The number of hydrogen-bond acceptors (Lipinski definition) is 4. The molecule has 0 bridgehead atoms. The van der Waals surface area contributed by atoms with Crippen molar-refractivity contribution in [2.75, 3.05) is 32.8 Å². The molecule has 8 heteroatoms. The van der Waals surface area contributed by atoms with E-state index in [1.54, 1.807) is 0 Å².